The fourth-order valence-corrected chi connectivity index (χ4v) is 2.76. The van der Waals surface area contributed by atoms with Gasteiger partial charge in [0.15, 0.2) is 0 Å². The topological polar surface area (TPSA) is 76.0 Å². The van der Waals surface area contributed by atoms with Crippen LogP contribution in [0.5, 0.6) is 0 Å². The highest BCUT2D eigenvalue weighted by molar-refractivity contribution is 5.87. The van der Waals surface area contributed by atoms with Gasteiger partial charge in [0.25, 0.3) is 0 Å². The van der Waals surface area contributed by atoms with Crippen molar-refractivity contribution in [3.05, 3.63) is 0 Å². The molecule has 0 aromatic carbocycles. The summed E-state index contributed by atoms with van der Waals surface area (Å²) in [4.78, 5) is 27.9. The van der Waals surface area contributed by atoms with E-state index in [9.17, 15) is 9.59 Å². The van der Waals surface area contributed by atoms with E-state index in [2.05, 4.69) is 5.16 Å². The second-order valence-corrected chi connectivity index (χ2v) is 5.11. The number of hydrogen-bond donors (Lipinski definition) is 1. The first-order valence-electron chi connectivity index (χ1n) is 6.68. The molecule has 2 saturated carbocycles. The highest BCUT2D eigenvalue weighted by atomic mass is 16.7. The lowest BCUT2D eigenvalue weighted by Gasteiger charge is -2.25. The first-order valence-corrected chi connectivity index (χ1v) is 6.68. The largest absolute Gasteiger partial charge is 0.481 e. The zero-order valence-corrected chi connectivity index (χ0v) is 10.4. The Kier molecular flexibility index (Phi) is 4.33. The fraction of sp³-hybridized carbons (Fsp3) is 0.769. The SMILES string of the molecule is O=C(O)[C@H]1CCCC[C@@H]1C(=O)ON=C1CCCC1. The van der Waals surface area contributed by atoms with E-state index >= 15 is 0 Å². The van der Waals surface area contributed by atoms with Gasteiger partial charge >= 0.3 is 11.9 Å². The molecule has 0 radical (unpaired) electrons. The van der Waals surface area contributed by atoms with Crippen LogP contribution in [0.15, 0.2) is 5.16 Å². The van der Waals surface area contributed by atoms with Gasteiger partial charge in [0.05, 0.1) is 17.5 Å². The number of carbonyl (C=O) groups is 2. The van der Waals surface area contributed by atoms with Crippen LogP contribution < -0.4 is 0 Å². The normalized spacial score (nSPS) is 27.9. The molecule has 0 aliphatic heterocycles. The number of carbonyl (C=O) groups excluding carboxylic acids is 1. The summed E-state index contributed by atoms with van der Waals surface area (Å²) in [5, 5.41) is 13.0. The van der Waals surface area contributed by atoms with Crippen molar-refractivity contribution in [1.29, 1.82) is 0 Å². The molecule has 2 aliphatic carbocycles. The molecule has 100 valence electrons. The highest BCUT2D eigenvalue weighted by Crippen LogP contribution is 2.31. The molecule has 0 amide bonds. The van der Waals surface area contributed by atoms with Gasteiger partial charge in [-0.25, -0.2) is 4.79 Å². The zero-order chi connectivity index (χ0) is 13.0. The van der Waals surface area contributed by atoms with Gasteiger partial charge in [-0.3, -0.25) is 4.79 Å². The van der Waals surface area contributed by atoms with Gasteiger partial charge in [-0.15, -0.1) is 0 Å². The summed E-state index contributed by atoms with van der Waals surface area (Å²) in [5.41, 5.74) is 0.922. The number of carboxylic acid groups (broad SMARTS) is 1. The summed E-state index contributed by atoms with van der Waals surface area (Å²) >= 11 is 0. The predicted octanol–water partition coefficient (Wildman–Crippen LogP) is 2.35. The summed E-state index contributed by atoms with van der Waals surface area (Å²) in [5.74, 6) is -2.50. The van der Waals surface area contributed by atoms with Crippen LogP contribution in [0.3, 0.4) is 0 Å². The van der Waals surface area contributed by atoms with Crippen molar-refractivity contribution in [2.24, 2.45) is 17.0 Å². The van der Waals surface area contributed by atoms with Crippen LogP contribution in [0.2, 0.25) is 0 Å². The van der Waals surface area contributed by atoms with Gasteiger partial charge in [0.2, 0.25) is 0 Å². The minimum Gasteiger partial charge on any atom is -0.481 e. The van der Waals surface area contributed by atoms with Crippen molar-refractivity contribution in [2.75, 3.05) is 0 Å². The second-order valence-electron chi connectivity index (χ2n) is 5.11. The molecule has 0 unspecified atom stereocenters. The summed E-state index contributed by atoms with van der Waals surface area (Å²) in [6.07, 6.45) is 6.89. The molecule has 2 aliphatic rings. The van der Waals surface area contributed by atoms with Crippen LogP contribution in [0.25, 0.3) is 0 Å². The van der Waals surface area contributed by atoms with Crippen LogP contribution in [0.4, 0.5) is 0 Å². The Morgan fingerprint density at radius 3 is 2.28 bits per heavy atom. The van der Waals surface area contributed by atoms with Crippen molar-refractivity contribution < 1.29 is 19.5 Å². The first-order chi connectivity index (χ1) is 8.68. The quantitative estimate of drug-likeness (QED) is 0.618. The second kappa shape index (κ2) is 5.98. The molecule has 0 aromatic heterocycles. The van der Waals surface area contributed by atoms with Crippen molar-refractivity contribution in [1.82, 2.24) is 0 Å². The molecule has 18 heavy (non-hydrogen) atoms. The summed E-state index contributed by atoms with van der Waals surface area (Å²) in [6.45, 7) is 0. The number of carboxylic acids is 1. The molecular weight excluding hydrogens is 234 g/mol. The smallest absolute Gasteiger partial charge is 0.338 e. The van der Waals surface area contributed by atoms with Crippen molar-refractivity contribution in [2.45, 2.75) is 51.4 Å². The Morgan fingerprint density at radius 2 is 1.67 bits per heavy atom. The van der Waals surface area contributed by atoms with Crippen molar-refractivity contribution in [3.8, 4) is 0 Å². The lowest BCUT2D eigenvalue weighted by molar-refractivity contribution is -0.159. The van der Waals surface area contributed by atoms with E-state index in [0.29, 0.717) is 12.8 Å². The van der Waals surface area contributed by atoms with E-state index in [1.165, 1.54) is 0 Å². The average molecular weight is 253 g/mol. The molecule has 1 N–H and O–H groups in total. The molecule has 0 bridgehead atoms. The summed E-state index contributed by atoms with van der Waals surface area (Å²) in [7, 11) is 0. The van der Waals surface area contributed by atoms with E-state index < -0.39 is 23.8 Å². The molecule has 0 aromatic rings. The highest BCUT2D eigenvalue weighted by Gasteiger charge is 2.37. The van der Waals surface area contributed by atoms with Gasteiger partial charge in [0, 0.05) is 0 Å². The number of aliphatic carboxylic acids is 1. The summed E-state index contributed by atoms with van der Waals surface area (Å²) in [6, 6.07) is 0. The molecule has 5 heteroatoms. The zero-order valence-electron chi connectivity index (χ0n) is 10.4. The molecule has 2 atom stereocenters. The van der Waals surface area contributed by atoms with Gasteiger partial charge in [-0.2, -0.15) is 0 Å². The Balaban J connectivity index is 1.93. The van der Waals surface area contributed by atoms with E-state index in [1.807, 2.05) is 0 Å². The Labute approximate surface area is 106 Å². The Hall–Kier alpha value is -1.39. The van der Waals surface area contributed by atoms with Crippen molar-refractivity contribution in [3.63, 3.8) is 0 Å². The average Bonchev–Trinajstić information content (AvgIpc) is 2.89. The predicted molar refractivity (Wildman–Crippen MR) is 65.1 cm³/mol. The summed E-state index contributed by atoms with van der Waals surface area (Å²) < 4.78 is 0. The minimum absolute atomic E-state index is 0.471. The van der Waals surface area contributed by atoms with Crippen molar-refractivity contribution >= 4 is 17.7 Å². The number of nitrogens with zero attached hydrogens (tertiary/aromatic N) is 1. The minimum atomic E-state index is -0.898. The maximum absolute atomic E-state index is 11.9. The standard InChI is InChI=1S/C13H19NO4/c15-12(16)10-7-3-4-8-11(10)13(17)18-14-9-5-1-2-6-9/h10-11H,1-8H2,(H,15,16)/t10-,11-/m0/s1. The molecule has 0 saturated heterocycles. The fourth-order valence-electron chi connectivity index (χ4n) is 2.76. The third-order valence-electron chi connectivity index (χ3n) is 3.83. The van der Waals surface area contributed by atoms with Gasteiger partial charge in [0.1, 0.15) is 0 Å². The Bertz CT molecular complexity index is 356. The molecule has 5 nitrogen and oxygen atoms in total. The van der Waals surface area contributed by atoms with E-state index in [0.717, 1.165) is 44.2 Å². The first kappa shape index (κ1) is 13.1. The monoisotopic (exact) mass is 253 g/mol. The van der Waals surface area contributed by atoms with Crippen LogP contribution in [-0.4, -0.2) is 22.8 Å². The maximum atomic E-state index is 11.9. The Morgan fingerprint density at radius 1 is 1.06 bits per heavy atom. The third kappa shape index (κ3) is 3.09. The molecular formula is C13H19NO4. The van der Waals surface area contributed by atoms with E-state index in [1.54, 1.807) is 0 Å². The lowest BCUT2D eigenvalue weighted by atomic mass is 9.79. The van der Waals surface area contributed by atoms with Gasteiger partial charge in [-0.1, -0.05) is 18.0 Å². The van der Waals surface area contributed by atoms with E-state index in [4.69, 9.17) is 9.94 Å². The van der Waals surface area contributed by atoms with Crippen LogP contribution in [0.1, 0.15) is 51.4 Å². The van der Waals surface area contributed by atoms with Gasteiger partial charge in [-0.05, 0) is 38.5 Å². The third-order valence-corrected chi connectivity index (χ3v) is 3.83. The molecule has 2 fully saturated rings. The van der Waals surface area contributed by atoms with Crippen LogP contribution >= 0.6 is 0 Å². The molecule has 0 spiro atoms. The number of hydrogen-bond acceptors (Lipinski definition) is 4. The molecule has 0 heterocycles. The van der Waals surface area contributed by atoms with Crippen LogP contribution in [-0.2, 0) is 14.4 Å². The molecule has 2 rings (SSSR count). The van der Waals surface area contributed by atoms with Gasteiger partial charge < -0.3 is 9.94 Å². The maximum Gasteiger partial charge on any atom is 0.338 e. The van der Waals surface area contributed by atoms with E-state index in [-0.39, 0.29) is 0 Å². The van der Waals surface area contributed by atoms with Crippen LogP contribution in [0, 0.1) is 11.8 Å². The number of rotatable bonds is 3. The number of oxime groups is 1. The lowest BCUT2D eigenvalue weighted by Crippen LogP contribution is -2.33.